The molecule has 106 valence electrons. The summed E-state index contributed by atoms with van der Waals surface area (Å²) in [5, 5.41) is 2.81. The van der Waals surface area contributed by atoms with Crippen LogP contribution in [0.4, 0.5) is 11.4 Å². The highest BCUT2D eigenvalue weighted by molar-refractivity contribution is 5.89. The van der Waals surface area contributed by atoms with Crippen LogP contribution in [-0.4, -0.2) is 25.6 Å². The molecule has 1 aromatic rings. The molecule has 0 fully saturated rings. The Labute approximate surface area is 115 Å². The maximum Gasteiger partial charge on any atom is 0.221 e. The van der Waals surface area contributed by atoms with Gasteiger partial charge in [-0.15, -0.1) is 0 Å². The second-order valence-electron chi connectivity index (χ2n) is 4.38. The summed E-state index contributed by atoms with van der Waals surface area (Å²) in [4.78, 5) is 13.4. The third-order valence-corrected chi connectivity index (χ3v) is 2.85. The Morgan fingerprint density at radius 1 is 1.26 bits per heavy atom. The molecule has 4 nitrogen and oxygen atoms in total. The van der Waals surface area contributed by atoms with Gasteiger partial charge in [0.15, 0.2) is 0 Å². The van der Waals surface area contributed by atoms with Gasteiger partial charge in [0, 0.05) is 25.7 Å². The molecule has 0 heterocycles. The van der Waals surface area contributed by atoms with Gasteiger partial charge in [-0.1, -0.05) is 6.92 Å². The summed E-state index contributed by atoms with van der Waals surface area (Å²) in [6, 6.07) is 5.77. The van der Waals surface area contributed by atoms with Crippen molar-refractivity contribution in [2.24, 2.45) is 0 Å². The Morgan fingerprint density at radius 2 is 1.95 bits per heavy atom. The van der Waals surface area contributed by atoms with Gasteiger partial charge < -0.3 is 15.0 Å². The molecule has 0 unspecified atom stereocenters. The third kappa shape index (κ3) is 4.47. The fourth-order valence-corrected chi connectivity index (χ4v) is 1.94. The minimum Gasteiger partial charge on any atom is -0.491 e. The van der Waals surface area contributed by atoms with E-state index in [0.717, 1.165) is 36.6 Å². The molecular weight excluding hydrogens is 240 g/mol. The molecular formula is C15H24N2O2. The van der Waals surface area contributed by atoms with Crippen molar-refractivity contribution < 1.29 is 9.53 Å². The first-order chi connectivity index (χ1) is 9.12. The van der Waals surface area contributed by atoms with Crippen molar-refractivity contribution in [2.45, 2.75) is 34.1 Å². The highest BCUT2D eigenvalue weighted by Crippen LogP contribution is 2.31. The van der Waals surface area contributed by atoms with Crippen molar-refractivity contribution in [2.75, 3.05) is 29.9 Å². The van der Waals surface area contributed by atoms with Crippen molar-refractivity contribution in [1.82, 2.24) is 0 Å². The number of hydrogen-bond donors (Lipinski definition) is 1. The van der Waals surface area contributed by atoms with E-state index < -0.39 is 0 Å². The second kappa shape index (κ2) is 7.67. The quantitative estimate of drug-likeness (QED) is 0.821. The van der Waals surface area contributed by atoms with Crippen LogP contribution in [-0.2, 0) is 4.79 Å². The summed E-state index contributed by atoms with van der Waals surface area (Å²) in [7, 11) is 0. The number of carbonyl (C=O) groups excluding carboxylic acids is 1. The molecule has 0 aromatic heterocycles. The molecule has 1 rings (SSSR count). The van der Waals surface area contributed by atoms with Crippen LogP contribution >= 0.6 is 0 Å². The molecule has 1 N–H and O–H groups in total. The summed E-state index contributed by atoms with van der Waals surface area (Å²) in [5.41, 5.74) is 1.84. The van der Waals surface area contributed by atoms with Crippen molar-refractivity contribution in [3.8, 4) is 5.75 Å². The van der Waals surface area contributed by atoms with E-state index >= 15 is 0 Å². The van der Waals surface area contributed by atoms with Crippen LogP contribution in [0.3, 0.4) is 0 Å². The Bertz CT molecular complexity index is 415. The summed E-state index contributed by atoms with van der Waals surface area (Å²) >= 11 is 0. The van der Waals surface area contributed by atoms with Crippen LogP contribution in [0.15, 0.2) is 18.2 Å². The monoisotopic (exact) mass is 264 g/mol. The zero-order valence-electron chi connectivity index (χ0n) is 12.3. The molecule has 0 aliphatic rings. The van der Waals surface area contributed by atoms with E-state index in [1.807, 2.05) is 18.2 Å². The van der Waals surface area contributed by atoms with Gasteiger partial charge in [0.2, 0.25) is 5.91 Å². The van der Waals surface area contributed by atoms with E-state index in [2.05, 4.69) is 31.0 Å². The third-order valence-electron chi connectivity index (χ3n) is 2.85. The topological polar surface area (TPSA) is 41.6 Å². The largest absolute Gasteiger partial charge is 0.491 e. The number of carbonyl (C=O) groups is 1. The van der Waals surface area contributed by atoms with Gasteiger partial charge in [0.1, 0.15) is 5.75 Å². The molecule has 19 heavy (non-hydrogen) atoms. The molecule has 4 heteroatoms. The van der Waals surface area contributed by atoms with E-state index in [0.29, 0.717) is 6.61 Å². The first kappa shape index (κ1) is 15.3. The molecule has 0 radical (unpaired) electrons. The van der Waals surface area contributed by atoms with E-state index in [1.54, 1.807) is 0 Å². The van der Waals surface area contributed by atoms with Gasteiger partial charge in [-0.25, -0.2) is 0 Å². The molecule has 0 bridgehead atoms. The molecule has 1 amide bonds. The first-order valence-electron chi connectivity index (χ1n) is 6.91. The number of nitrogens with zero attached hydrogens (tertiary/aromatic N) is 1. The SMILES string of the molecule is CCCOc1ccc(NC(C)=O)cc1N(CC)CC. The standard InChI is InChI=1S/C15H24N2O2/c1-5-10-19-15-9-8-13(16-12(4)18)11-14(15)17(6-2)7-3/h8-9,11H,5-7,10H2,1-4H3,(H,16,18). The normalized spacial score (nSPS) is 10.1. The average Bonchev–Trinajstić information content (AvgIpc) is 2.38. The second-order valence-corrected chi connectivity index (χ2v) is 4.38. The number of anilines is 2. The minimum absolute atomic E-state index is 0.0623. The molecule has 0 atom stereocenters. The number of rotatable bonds is 7. The lowest BCUT2D eigenvalue weighted by Crippen LogP contribution is -2.23. The van der Waals surface area contributed by atoms with Crippen molar-refractivity contribution >= 4 is 17.3 Å². The molecule has 0 saturated carbocycles. The van der Waals surface area contributed by atoms with E-state index in [-0.39, 0.29) is 5.91 Å². The highest BCUT2D eigenvalue weighted by Gasteiger charge is 2.11. The van der Waals surface area contributed by atoms with Crippen LogP contribution in [0, 0.1) is 0 Å². The molecule has 0 spiro atoms. The highest BCUT2D eigenvalue weighted by atomic mass is 16.5. The predicted octanol–water partition coefficient (Wildman–Crippen LogP) is 3.28. The Kier molecular flexibility index (Phi) is 6.19. The van der Waals surface area contributed by atoms with Crippen molar-refractivity contribution in [1.29, 1.82) is 0 Å². The number of benzene rings is 1. The maximum absolute atomic E-state index is 11.1. The number of ether oxygens (including phenoxy) is 1. The van der Waals surface area contributed by atoms with Crippen LogP contribution in [0.1, 0.15) is 34.1 Å². The lowest BCUT2D eigenvalue weighted by Gasteiger charge is -2.24. The van der Waals surface area contributed by atoms with Gasteiger partial charge in [0.25, 0.3) is 0 Å². The van der Waals surface area contributed by atoms with Crippen LogP contribution < -0.4 is 15.0 Å². The lowest BCUT2D eigenvalue weighted by molar-refractivity contribution is -0.114. The Balaban J connectivity index is 3.05. The van der Waals surface area contributed by atoms with Crippen LogP contribution in [0.5, 0.6) is 5.75 Å². The van der Waals surface area contributed by atoms with Crippen molar-refractivity contribution in [3.63, 3.8) is 0 Å². The van der Waals surface area contributed by atoms with Gasteiger partial charge in [-0.3, -0.25) is 4.79 Å². The van der Waals surface area contributed by atoms with Gasteiger partial charge in [-0.05, 0) is 38.5 Å². The fraction of sp³-hybridized carbons (Fsp3) is 0.533. The van der Waals surface area contributed by atoms with E-state index in [9.17, 15) is 4.79 Å². The van der Waals surface area contributed by atoms with Crippen LogP contribution in [0.25, 0.3) is 0 Å². The molecule has 0 aliphatic heterocycles. The molecule has 1 aromatic carbocycles. The fourth-order valence-electron chi connectivity index (χ4n) is 1.94. The average molecular weight is 264 g/mol. The maximum atomic E-state index is 11.1. The first-order valence-corrected chi connectivity index (χ1v) is 6.91. The molecule has 0 saturated heterocycles. The van der Waals surface area contributed by atoms with Crippen LogP contribution in [0.2, 0.25) is 0 Å². The zero-order chi connectivity index (χ0) is 14.3. The Hall–Kier alpha value is -1.71. The predicted molar refractivity (Wildman–Crippen MR) is 80.1 cm³/mol. The summed E-state index contributed by atoms with van der Waals surface area (Å²) in [5.74, 6) is 0.812. The molecule has 0 aliphatic carbocycles. The minimum atomic E-state index is -0.0623. The zero-order valence-corrected chi connectivity index (χ0v) is 12.3. The summed E-state index contributed by atoms with van der Waals surface area (Å²) < 4.78 is 5.78. The number of hydrogen-bond acceptors (Lipinski definition) is 3. The summed E-state index contributed by atoms with van der Waals surface area (Å²) in [6.07, 6.45) is 0.977. The number of nitrogens with one attached hydrogen (secondary N) is 1. The van der Waals surface area contributed by atoms with Gasteiger partial charge in [-0.2, -0.15) is 0 Å². The van der Waals surface area contributed by atoms with E-state index in [1.165, 1.54) is 6.92 Å². The van der Waals surface area contributed by atoms with Crippen molar-refractivity contribution in [3.05, 3.63) is 18.2 Å². The van der Waals surface area contributed by atoms with Gasteiger partial charge in [0.05, 0.1) is 12.3 Å². The Morgan fingerprint density at radius 3 is 2.47 bits per heavy atom. The number of amides is 1. The van der Waals surface area contributed by atoms with Gasteiger partial charge >= 0.3 is 0 Å². The lowest BCUT2D eigenvalue weighted by atomic mass is 10.2. The smallest absolute Gasteiger partial charge is 0.221 e. The van der Waals surface area contributed by atoms with E-state index in [4.69, 9.17) is 4.74 Å². The summed E-state index contributed by atoms with van der Waals surface area (Å²) in [6.45, 7) is 10.3.